The molecule has 1 amide bonds. The Balaban J connectivity index is 1.57. The van der Waals surface area contributed by atoms with E-state index in [1.807, 2.05) is 39.0 Å². The van der Waals surface area contributed by atoms with Gasteiger partial charge in [-0.2, -0.15) is 0 Å². The Hall–Kier alpha value is -2.97. The summed E-state index contributed by atoms with van der Waals surface area (Å²) in [5.74, 6) is 0.609. The third kappa shape index (κ3) is 6.48. The molecule has 0 unspecified atom stereocenters. The van der Waals surface area contributed by atoms with Gasteiger partial charge in [0.05, 0.1) is 16.2 Å². The van der Waals surface area contributed by atoms with Crippen LogP contribution in [0.3, 0.4) is 0 Å². The summed E-state index contributed by atoms with van der Waals surface area (Å²) in [7, 11) is 0. The molecule has 0 saturated carbocycles. The summed E-state index contributed by atoms with van der Waals surface area (Å²) in [6, 6.07) is 6.01. The van der Waals surface area contributed by atoms with Crippen molar-refractivity contribution in [2.75, 3.05) is 18.4 Å². The molecular weight excluding hydrogens is 490 g/mol. The van der Waals surface area contributed by atoms with Gasteiger partial charge in [-0.3, -0.25) is 4.98 Å². The number of anilines is 1. The molecule has 1 aliphatic rings. The van der Waals surface area contributed by atoms with Gasteiger partial charge in [0.15, 0.2) is 5.82 Å². The first-order valence-electron chi connectivity index (χ1n) is 12.7. The Bertz CT molecular complexity index is 1270. The van der Waals surface area contributed by atoms with E-state index < -0.39 is 11.2 Å². The third-order valence-corrected chi connectivity index (χ3v) is 6.83. The summed E-state index contributed by atoms with van der Waals surface area (Å²) in [4.78, 5) is 27.6. The fourth-order valence-corrected chi connectivity index (χ4v) is 4.75. The second-order valence-electron chi connectivity index (χ2n) is 11.3. The summed E-state index contributed by atoms with van der Waals surface area (Å²) < 4.78 is 5.59. The summed E-state index contributed by atoms with van der Waals surface area (Å²) in [6.45, 7) is 12.4. The molecule has 2 N–H and O–H groups in total. The minimum Gasteiger partial charge on any atom is -0.444 e. The molecule has 3 heterocycles. The number of aromatic nitrogens is 3. The third-order valence-electron chi connectivity index (χ3n) is 6.54. The minimum atomic E-state index is -1.11. The van der Waals surface area contributed by atoms with E-state index in [2.05, 4.69) is 27.2 Å². The standard InChI is InChI=1S/C28H36ClN5O3/c1-17(19-8-7-11-34(16-19)26(35)37-27(2,3)4)33-24-21-12-18(9-10-23(21)30-15-22(24)29)20-13-31-25(32-14-20)28(5,6)36/h9-10,12-15,17,19,36H,7-8,11,16H2,1-6H3,(H,30,33)/t17-,19-/m0/s1. The van der Waals surface area contributed by atoms with E-state index in [0.717, 1.165) is 40.6 Å². The molecule has 37 heavy (non-hydrogen) atoms. The first-order valence-corrected chi connectivity index (χ1v) is 13.1. The Morgan fingerprint density at radius 1 is 1.14 bits per heavy atom. The number of carbonyl (C=O) groups is 1. The fraction of sp³-hybridized carbons (Fsp3) is 0.500. The van der Waals surface area contributed by atoms with E-state index in [1.54, 1.807) is 37.3 Å². The van der Waals surface area contributed by atoms with Crippen molar-refractivity contribution < 1.29 is 14.6 Å². The molecule has 198 valence electrons. The number of ether oxygens (including phenoxy) is 1. The number of fused-ring (bicyclic) bond motifs is 1. The van der Waals surface area contributed by atoms with Crippen LogP contribution < -0.4 is 5.32 Å². The molecule has 2 atom stereocenters. The first-order chi connectivity index (χ1) is 17.3. The average molecular weight is 526 g/mol. The second kappa shape index (κ2) is 10.4. The Kier molecular flexibility index (Phi) is 7.62. The number of hydrogen-bond donors (Lipinski definition) is 2. The predicted molar refractivity (Wildman–Crippen MR) is 147 cm³/mol. The highest BCUT2D eigenvalue weighted by Crippen LogP contribution is 2.35. The number of carbonyl (C=O) groups excluding carboxylic acids is 1. The summed E-state index contributed by atoms with van der Waals surface area (Å²) in [5.41, 5.74) is 1.75. The highest BCUT2D eigenvalue weighted by Gasteiger charge is 2.30. The van der Waals surface area contributed by atoms with Gasteiger partial charge in [0, 0.05) is 48.7 Å². The average Bonchev–Trinajstić information content (AvgIpc) is 2.84. The largest absolute Gasteiger partial charge is 0.444 e. The molecule has 8 nitrogen and oxygen atoms in total. The number of hydrogen-bond acceptors (Lipinski definition) is 7. The molecule has 3 aromatic rings. The van der Waals surface area contributed by atoms with Crippen LogP contribution in [0.1, 0.15) is 60.2 Å². The molecule has 2 aromatic heterocycles. The van der Waals surface area contributed by atoms with Crippen LogP contribution in [0.15, 0.2) is 36.8 Å². The topological polar surface area (TPSA) is 100 Å². The van der Waals surface area contributed by atoms with Gasteiger partial charge in [0.2, 0.25) is 0 Å². The zero-order valence-electron chi connectivity index (χ0n) is 22.4. The number of nitrogens with one attached hydrogen (secondary N) is 1. The van der Waals surface area contributed by atoms with Crippen LogP contribution in [0.5, 0.6) is 0 Å². The van der Waals surface area contributed by atoms with Crippen molar-refractivity contribution in [3.63, 3.8) is 0 Å². The smallest absolute Gasteiger partial charge is 0.410 e. The number of aliphatic hydroxyl groups is 1. The highest BCUT2D eigenvalue weighted by molar-refractivity contribution is 6.34. The number of amides is 1. The van der Waals surface area contributed by atoms with Crippen LogP contribution in [0.25, 0.3) is 22.0 Å². The van der Waals surface area contributed by atoms with Crippen LogP contribution in [0.2, 0.25) is 5.02 Å². The molecule has 4 rings (SSSR count). The van der Waals surface area contributed by atoms with Crippen molar-refractivity contribution in [1.29, 1.82) is 0 Å². The molecular formula is C28H36ClN5O3. The maximum atomic E-state index is 12.6. The van der Waals surface area contributed by atoms with Crippen molar-refractivity contribution in [1.82, 2.24) is 19.9 Å². The predicted octanol–water partition coefficient (Wildman–Crippen LogP) is 6.02. The lowest BCUT2D eigenvalue weighted by atomic mass is 9.91. The maximum Gasteiger partial charge on any atom is 0.410 e. The minimum absolute atomic E-state index is 0.0615. The van der Waals surface area contributed by atoms with E-state index in [0.29, 0.717) is 23.9 Å². The molecule has 0 aliphatic carbocycles. The first kappa shape index (κ1) is 27.1. The maximum absolute atomic E-state index is 12.6. The van der Waals surface area contributed by atoms with Gasteiger partial charge in [-0.05, 0) is 78.0 Å². The Morgan fingerprint density at radius 2 is 1.84 bits per heavy atom. The van der Waals surface area contributed by atoms with E-state index in [4.69, 9.17) is 16.3 Å². The monoisotopic (exact) mass is 525 g/mol. The number of likely N-dealkylation sites (tertiary alicyclic amines) is 1. The lowest BCUT2D eigenvalue weighted by Gasteiger charge is -2.37. The number of benzene rings is 1. The lowest BCUT2D eigenvalue weighted by molar-refractivity contribution is 0.0159. The number of pyridine rings is 1. The van der Waals surface area contributed by atoms with Crippen LogP contribution in [0.4, 0.5) is 10.5 Å². The van der Waals surface area contributed by atoms with Gasteiger partial charge in [-0.25, -0.2) is 14.8 Å². The lowest BCUT2D eigenvalue weighted by Crippen LogP contribution is -2.46. The van der Waals surface area contributed by atoms with E-state index in [9.17, 15) is 9.90 Å². The number of piperidine rings is 1. The van der Waals surface area contributed by atoms with Crippen molar-refractivity contribution in [2.24, 2.45) is 5.92 Å². The molecule has 1 fully saturated rings. The van der Waals surface area contributed by atoms with Gasteiger partial charge < -0.3 is 20.1 Å². The SMILES string of the molecule is C[C@H](Nc1c(Cl)cnc2ccc(-c3cnc(C(C)(C)O)nc3)cc12)[C@H]1CCCN(C(=O)OC(C)(C)C)C1. The zero-order valence-corrected chi connectivity index (χ0v) is 23.1. The van der Waals surface area contributed by atoms with E-state index in [-0.39, 0.29) is 18.1 Å². The Labute approximate surface area is 223 Å². The molecule has 1 aromatic carbocycles. The van der Waals surface area contributed by atoms with Crippen molar-refractivity contribution in [3.8, 4) is 11.1 Å². The van der Waals surface area contributed by atoms with Crippen LogP contribution >= 0.6 is 11.6 Å². The van der Waals surface area contributed by atoms with E-state index >= 15 is 0 Å². The fourth-order valence-electron chi connectivity index (χ4n) is 4.54. The Morgan fingerprint density at radius 3 is 2.49 bits per heavy atom. The summed E-state index contributed by atoms with van der Waals surface area (Å²) in [5, 5.41) is 15.2. The van der Waals surface area contributed by atoms with Gasteiger partial charge in [-0.15, -0.1) is 0 Å². The van der Waals surface area contributed by atoms with Crippen molar-refractivity contribution >= 4 is 34.3 Å². The normalized spacial score (nSPS) is 17.5. The molecule has 1 saturated heterocycles. The zero-order chi connectivity index (χ0) is 27.0. The molecule has 0 bridgehead atoms. The summed E-state index contributed by atoms with van der Waals surface area (Å²) >= 11 is 6.65. The van der Waals surface area contributed by atoms with Gasteiger partial charge in [0.25, 0.3) is 0 Å². The van der Waals surface area contributed by atoms with Gasteiger partial charge in [-0.1, -0.05) is 17.7 Å². The number of rotatable bonds is 5. The van der Waals surface area contributed by atoms with Crippen molar-refractivity contribution in [2.45, 2.75) is 71.6 Å². The van der Waals surface area contributed by atoms with E-state index in [1.165, 1.54) is 0 Å². The molecule has 0 spiro atoms. The molecule has 0 radical (unpaired) electrons. The quantitative estimate of drug-likeness (QED) is 0.420. The van der Waals surface area contributed by atoms with Gasteiger partial charge in [0.1, 0.15) is 11.2 Å². The van der Waals surface area contributed by atoms with Crippen molar-refractivity contribution in [3.05, 3.63) is 47.6 Å². The van der Waals surface area contributed by atoms with Gasteiger partial charge >= 0.3 is 6.09 Å². The van der Waals surface area contributed by atoms with Crippen LogP contribution in [-0.4, -0.2) is 55.8 Å². The highest BCUT2D eigenvalue weighted by atomic mass is 35.5. The summed E-state index contributed by atoms with van der Waals surface area (Å²) in [6.07, 6.45) is 6.74. The second-order valence-corrected chi connectivity index (χ2v) is 11.7. The molecule has 1 aliphatic heterocycles. The van der Waals surface area contributed by atoms with Crippen LogP contribution in [0, 0.1) is 5.92 Å². The number of nitrogens with zero attached hydrogens (tertiary/aromatic N) is 4. The molecule has 9 heteroatoms. The number of halogens is 1. The van der Waals surface area contributed by atoms with Crippen LogP contribution in [-0.2, 0) is 10.3 Å².